The smallest absolute Gasteiger partial charge is 0.276 e. The summed E-state index contributed by atoms with van der Waals surface area (Å²) in [5.41, 5.74) is 6.04. The molecule has 78 valence electrons. The van der Waals surface area contributed by atoms with Crippen molar-refractivity contribution >= 4 is 11.8 Å². The van der Waals surface area contributed by atoms with Crippen LogP contribution in [0.25, 0.3) is 0 Å². The molecule has 1 saturated carbocycles. The molecular formula is C9H15N3OS. The summed E-state index contributed by atoms with van der Waals surface area (Å²) in [6.45, 7) is 2.59. The van der Waals surface area contributed by atoms with Gasteiger partial charge in [-0.05, 0) is 31.2 Å². The molecule has 1 fully saturated rings. The lowest BCUT2D eigenvalue weighted by molar-refractivity contribution is 0.427. The van der Waals surface area contributed by atoms with E-state index in [0.29, 0.717) is 16.5 Å². The topological polar surface area (TPSA) is 64.9 Å². The Hall–Kier alpha value is -0.550. The minimum atomic E-state index is 0.474. The van der Waals surface area contributed by atoms with Crippen LogP contribution in [0.2, 0.25) is 0 Å². The van der Waals surface area contributed by atoms with Crippen LogP contribution < -0.4 is 5.73 Å². The standard InChI is InChI=1S/C9H15N3OS/c1-7-11-12-8(13-7)14-6-9(2-3-9)4-5-10/h2-6,10H2,1H3. The highest BCUT2D eigenvalue weighted by Gasteiger charge is 2.41. The van der Waals surface area contributed by atoms with Crippen molar-refractivity contribution < 1.29 is 4.42 Å². The molecule has 4 nitrogen and oxygen atoms in total. The minimum absolute atomic E-state index is 0.474. The maximum atomic E-state index is 5.57. The molecule has 0 radical (unpaired) electrons. The Bertz CT molecular complexity index is 309. The van der Waals surface area contributed by atoms with Crippen molar-refractivity contribution in [2.24, 2.45) is 11.1 Å². The van der Waals surface area contributed by atoms with E-state index in [1.165, 1.54) is 12.8 Å². The molecule has 0 spiro atoms. The molecule has 0 amide bonds. The van der Waals surface area contributed by atoms with Gasteiger partial charge in [0, 0.05) is 12.7 Å². The number of hydrogen-bond acceptors (Lipinski definition) is 5. The third-order valence-corrected chi connectivity index (χ3v) is 3.81. The Morgan fingerprint density at radius 2 is 2.29 bits per heavy atom. The number of aromatic nitrogens is 2. The summed E-state index contributed by atoms with van der Waals surface area (Å²) in [6, 6.07) is 0. The maximum absolute atomic E-state index is 5.57. The zero-order valence-corrected chi connectivity index (χ0v) is 9.14. The number of aryl methyl sites for hydroxylation is 1. The van der Waals surface area contributed by atoms with Gasteiger partial charge < -0.3 is 10.2 Å². The summed E-state index contributed by atoms with van der Waals surface area (Å²) < 4.78 is 5.29. The first-order valence-corrected chi connectivity index (χ1v) is 5.86. The first-order valence-electron chi connectivity index (χ1n) is 4.87. The summed E-state index contributed by atoms with van der Waals surface area (Å²) in [5.74, 6) is 1.70. The van der Waals surface area contributed by atoms with Crippen LogP contribution in [-0.4, -0.2) is 22.5 Å². The van der Waals surface area contributed by atoms with Gasteiger partial charge in [-0.3, -0.25) is 0 Å². The van der Waals surface area contributed by atoms with Crippen LogP contribution in [0, 0.1) is 12.3 Å². The van der Waals surface area contributed by atoms with Crippen molar-refractivity contribution in [3.05, 3.63) is 5.89 Å². The first kappa shape index (κ1) is 9.98. The number of nitrogens with two attached hydrogens (primary N) is 1. The van der Waals surface area contributed by atoms with Crippen molar-refractivity contribution in [1.82, 2.24) is 10.2 Å². The average Bonchev–Trinajstić information content (AvgIpc) is 2.80. The van der Waals surface area contributed by atoms with Crippen LogP contribution in [0.4, 0.5) is 0 Å². The largest absolute Gasteiger partial charge is 0.416 e. The van der Waals surface area contributed by atoms with Gasteiger partial charge in [0.2, 0.25) is 5.89 Å². The number of thioether (sulfide) groups is 1. The van der Waals surface area contributed by atoms with Crippen LogP contribution in [0.1, 0.15) is 25.2 Å². The van der Waals surface area contributed by atoms with Crippen molar-refractivity contribution in [2.45, 2.75) is 31.4 Å². The lowest BCUT2D eigenvalue weighted by atomic mass is 10.1. The molecule has 0 atom stereocenters. The lowest BCUT2D eigenvalue weighted by Crippen LogP contribution is -2.11. The highest BCUT2D eigenvalue weighted by atomic mass is 32.2. The van der Waals surface area contributed by atoms with Crippen LogP contribution in [0.3, 0.4) is 0 Å². The van der Waals surface area contributed by atoms with Crippen LogP contribution >= 0.6 is 11.8 Å². The predicted molar refractivity (Wildman–Crippen MR) is 55.1 cm³/mol. The molecule has 1 heterocycles. The van der Waals surface area contributed by atoms with Gasteiger partial charge in [-0.25, -0.2) is 0 Å². The summed E-state index contributed by atoms with van der Waals surface area (Å²) in [4.78, 5) is 0. The molecule has 1 aliphatic carbocycles. The molecule has 0 bridgehead atoms. The van der Waals surface area contributed by atoms with Gasteiger partial charge in [-0.15, -0.1) is 10.2 Å². The van der Waals surface area contributed by atoms with E-state index >= 15 is 0 Å². The van der Waals surface area contributed by atoms with Crippen LogP contribution in [-0.2, 0) is 0 Å². The van der Waals surface area contributed by atoms with Gasteiger partial charge in [0.15, 0.2) is 0 Å². The first-order chi connectivity index (χ1) is 6.74. The molecule has 5 heteroatoms. The fourth-order valence-electron chi connectivity index (χ4n) is 1.50. The van der Waals surface area contributed by atoms with Crippen LogP contribution in [0.15, 0.2) is 9.64 Å². The summed E-state index contributed by atoms with van der Waals surface area (Å²) >= 11 is 1.65. The van der Waals surface area contributed by atoms with Gasteiger partial charge in [-0.1, -0.05) is 11.8 Å². The second-order valence-corrected chi connectivity index (χ2v) is 4.84. The Morgan fingerprint density at radius 3 is 2.79 bits per heavy atom. The minimum Gasteiger partial charge on any atom is -0.416 e. The van der Waals surface area contributed by atoms with E-state index in [1.807, 2.05) is 6.92 Å². The molecule has 2 rings (SSSR count). The monoisotopic (exact) mass is 213 g/mol. The fraction of sp³-hybridized carbons (Fsp3) is 0.778. The van der Waals surface area contributed by atoms with Crippen molar-refractivity contribution in [3.63, 3.8) is 0 Å². The van der Waals surface area contributed by atoms with Gasteiger partial charge in [0.1, 0.15) is 0 Å². The van der Waals surface area contributed by atoms with Gasteiger partial charge >= 0.3 is 0 Å². The Morgan fingerprint density at radius 1 is 1.50 bits per heavy atom. The third-order valence-electron chi connectivity index (χ3n) is 2.64. The quantitative estimate of drug-likeness (QED) is 0.753. The van der Waals surface area contributed by atoms with Crippen molar-refractivity contribution in [1.29, 1.82) is 0 Å². The fourth-order valence-corrected chi connectivity index (χ4v) is 2.64. The normalized spacial score (nSPS) is 18.4. The highest BCUT2D eigenvalue weighted by molar-refractivity contribution is 7.99. The highest BCUT2D eigenvalue weighted by Crippen LogP contribution is 2.51. The summed E-state index contributed by atoms with van der Waals surface area (Å²) in [5, 5.41) is 8.43. The van der Waals surface area contributed by atoms with E-state index < -0.39 is 0 Å². The summed E-state index contributed by atoms with van der Waals surface area (Å²) in [6.07, 6.45) is 3.71. The van der Waals surface area contributed by atoms with E-state index in [1.54, 1.807) is 11.8 Å². The lowest BCUT2D eigenvalue weighted by Gasteiger charge is -2.10. The Balaban J connectivity index is 1.82. The average molecular weight is 213 g/mol. The predicted octanol–water partition coefficient (Wildman–Crippen LogP) is 1.60. The summed E-state index contributed by atoms with van der Waals surface area (Å²) in [7, 11) is 0. The van der Waals surface area contributed by atoms with Crippen molar-refractivity contribution in [3.8, 4) is 0 Å². The van der Waals surface area contributed by atoms with E-state index in [2.05, 4.69) is 10.2 Å². The zero-order chi connectivity index (χ0) is 10.0. The Labute approximate surface area is 87.6 Å². The van der Waals surface area contributed by atoms with Gasteiger partial charge in [0.25, 0.3) is 5.22 Å². The van der Waals surface area contributed by atoms with Crippen LogP contribution in [0.5, 0.6) is 0 Å². The zero-order valence-electron chi connectivity index (χ0n) is 8.32. The van der Waals surface area contributed by atoms with Gasteiger partial charge in [-0.2, -0.15) is 0 Å². The number of nitrogens with zero attached hydrogens (tertiary/aromatic N) is 2. The second-order valence-electron chi connectivity index (χ2n) is 3.91. The third kappa shape index (κ3) is 2.27. The molecule has 1 aromatic rings. The van der Waals surface area contributed by atoms with E-state index in [4.69, 9.17) is 10.2 Å². The molecule has 0 aromatic carbocycles. The molecular weight excluding hydrogens is 198 g/mol. The number of rotatable bonds is 5. The molecule has 0 saturated heterocycles. The van der Waals surface area contributed by atoms with E-state index in [9.17, 15) is 0 Å². The second kappa shape index (κ2) is 3.90. The number of hydrogen-bond donors (Lipinski definition) is 1. The van der Waals surface area contributed by atoms with Gasteiger partial charge in [0.05, 0.1) is 0 Å². The SMILES string of the molecule is Cc1nnc(SCC2(CCN)CC2)o1. The molecule has 0 aliphatic heterocycles. The van der Waals surface area contributed by atoms with E-state index in [0.717, 1.165) is 18.7 Å². The molecule has 1 aliphatic rings. The Kier molecular flexibility index (Phi) is 2.78. The molecule has 1 aromatic heterocycles. The molecule has 14 heavy (non-hydrogen) atoms. The molecule has 2 N–H and O–H groups in total. The van der Waals surface area contributed by atoms with Crippen molar-refractivity contribution in [2.75, 3.05) is 12.3 Å². The molecule has 0 unspecified atom stereocenters. The van der Waals surface area contributed by atoms with E-state index in [-0.39, 0.29) is 0 Å². The maximum Gasteiger partial charge on any atom is 0.276 e.